The molecule has 0 radical (unpaired) electrons. The average molecular weight is 486 g/mol. The molecule has 0 N–H and O–H groups in total. The molecule has 0 saturated carbocycles. The van der Waals surface area contributed by atoms with Gasteiger partial charge in [0.1, 0.15) is 11.4 Å². The SMILES string of the molecule is CCOC(=O)C=Cc1ccc(N(C(=O)OC(C)(C)C)[C@@H]2CCN(Cc3ccc(Cl)cc3)C2)nc1. The van der Waals surface area contributed by atoms with E-state index in [1.165, 1.54) is 11.6 Å². The largest absolute Gasteiger partial charge is 0.463 e. The summed E-state index contributed by atoms with van der Waals surface area (Å²) in [7, 11) is 0. The molecule has 0 unspecified atom stereocenters. The van der Waals surface area contributed by atoms with Gasteiger partial charge in [0.25, 0.3) is 0 Å². The molecule has 8 heteroatoms. The minimum atomic E-state index is -0.626. The molecule has 1 aliphatic rings. The normalized spacial score (nSPS) is 16.6. The molecule has 1 aliphatic heterocycles. The molecule has 0 aliphatic carbocycles. The van der Waals surface area contributed by atoms with Gasteiger partial charge in [0.05, 0.1) is 12.6 Å². The number of hydrogen-bond donors (Lipinski definition) is 0. The number of pyridine rings is 1. The zero-order valence-electron chi connectivity index (χ0n) is 20.2. The number of carbonyl (C=O) groups excluding carboxylic acids is 2. The van der Waals surface area contributed by atoms with Crippen LogP contribution in [0.2, 0.25) is 5.02 Å². The summed E-state index contributed by atoms with van der Waals surface area (Å²) in [5, 5.41) is 0.714. The van der Waals surface area contributed by atoms with Gasteiger partial charge in [-0.15, -0.1) is 0 Å². The molecule has 1 aromatic carbocycles. The summed E-state index contributed by atoms with van der Waals surface area (Å²) < 4.78 is 10.6. The minimum Gasteiger partial charge on any atom is -0.463 e. The molecule has 1 amide bonds. The Kier molecular flexibility index (Phi) is 8.69. The van der Waals surface area contributed by atoms with Gasteiger partial charge in [0, 0.05) is 36.9 Å². The maximum atomic E-state index is 13.2. The lowest BCUT2D eigenvalue weighted by Gasteiger charge is -2.31. The lowest BCUT2D eigenvalue weighted by atomic mass is 10.2. The van der Waals surface area contributed by atoms with Crippen LogP contribution < -0.4 is 4.90 Å². The molecule has 3 rings (SSSR count). The van der Waals surface area contributed by atoms with Gasteiger partial charge in [0.2, 0.25) is 0 Å². The van der Waals surface area contributed by atoms with Crippen molar-refractivity contribution in [2.24, 2.45) is 0 Å². The number of likely N-dealkylation sites (tertiary alicyclic amines) is 1. The van der Waals surface area contributed by atoms with Gasteiger partial charge in [-0.2, -0.15) is 0 Å². The Morgan fingerprint density at radius 2 is 1.94 bits per heavy atom. The molecule has 0 spiro atoms. The van der Waals surface area contributed by atoms with Crippen LogP contribution in [-0.2, 0) is 20.8 Å². The van der Waals surface area contributed by atoms with Crippen LogP contribution in [0.5, 0.6) is 0 Å². The second-order valence-electron chi connectivity index (χ2n) is 9.19. The first-order valence-corrected chi connectivity index (χ1v) is 11.8. The van der Waals surface area contributed by atoms with Crippen LogP contribution >= 0.6 is 11.6 Å². The number of halogens is 1. The number of aromatic nitrogens is 1. The van der Waals surface area contributed by atoms with Gasteiger partial charge >= 0.3 is 12.1 Å². The molecule has 1 aromatic heterocycles. The highest BCUT2D eigenvalue weighted by molar-refractivity contribution is 6.30. The quantitative estimate of drug-likeness (QED) is 0.390. The number of esters is 1. The highest BCUT2D eigenvalue weighted by Gasteiger charge is 2.35. The van der Waals surface area contributed by atoms with Crippen LogP contribution in [0.3, 0.4) is 0 Å². The topological polar surface area (TPSA) is 72.0 Å². The van der Waals surface area contributed by atoms with E-state index in [0.29, 0.717) is 24.0 Å². The smallest absolute Gasteiger partial charge is 0.416 e. The summed E-state index contributed by atoms with van der Waals surface area (Å²) in [6.45, 7) is 9.96. The second-order valence-corrected chi connectivity index (χ2v) is 9.63. The Balaban J connectivity index is 1.75. The lowest BCUT2D eigenvalue weighted by Crippen LogP contribution is -2.45. The van der Waals surface area contributed by atoms with Crippen molar-refractivity contribution >= 4 is 35.6 Å². The fourth-order valence-electron chi connectivity index (χ4n) is 3.75. The summed E-state index contributed by atoms with van der Waals surface area (Å²) in [4.78, 5) is 33.2. The third kappa shape index (κ3) is 7.57. The summed E-state index contributed by atoms with van der Waals surface area (Å²) >= 11 is 6.00. The molecule has 7 nitrogen and oxygen atoms in total. The molecule has 182 valence electrons. The molecule has 34 heavy (non-hydrogen) atoms. The van der Waals surface area contributed by atoms with E-state index in [9.17, 15) is 9.59 Å². The predicted molar refractivity (Wildman–Crippen MR) is 134 cm³/mol. The van der Waals surface area contributed by atoms with Gasteiger partial charge in [-0.3, -0.25) is 9.80 Å². The van der Waals surface area contributed by atoms with Gasteiger partial charge in [0.15, 0.2) is 0 Å². The minimum absolute atomic E-state index is 0.0735. The summed E-state index contributed by atoms with van der Waals surface area (Å²) in [5.74, 6) is 0.106. The van der Waals surface area contributed by atoms with E-state index in [1.54, 1.807) is 30.2 Å². The Morgan fingerprint density at radius 1 is 1.21 bits per heavy atom. The summed E-state index contributed by atoms with van der Waals surface area (Å²) in [6.07, 6.45) is 5.00. The molecular formula is C26H32ClN3O4. The Labute approximate surface area is 206 Å². The van der Waals surface area contributed by atoms with Crippen molar-refractivity contribution in [2.75, 3.05) is 24.6 Å². The Morgan fingerprint density at radius 3 is 2.56 bits per heavy atom. The van der Waals surface area contributed by atoms with E-state index in [-0.39, 0.29) is 6.04 Å². The number of ether oxygens (including phenoxy) is 2. The third-order valence-corrected chi connectivity index (χ3v) is 5.49. The first-order valence-electron chi connectivity index (χ1n) is 11.4. The van der Waals surface area contributed by atoms with Crippen molar-refractivity contribution in [1.29, 1.82) is 0 Å². The van der Waals surface area contributed by atoms with Gasteiger partial charge in [-0.05, 0) is 75.6 Å². The fourth-order valence-corrected chi connectivity index (χ4v) is 3.87. The summed E-state index contributed by atoms with van der Waals surface area (Å²) in [6, 6.07) is 11.3. The maximum absolute atomic E-state index is 13.2. The van der Waals surface area contributed by atoms with E-state index >= 15 is 0 Å². The molecule has 1 saturated heterocycles. The van der Waals surface area contributed by atoms with Crippen LogP contribution in [0.4, 0.5) is 10.6 Å². The molecule has 0 bridgehead atoms. The highest BCUT2D eigenvalue weighted by Crippen LogP contribution is 2.26. The third-order valence-electron chi connectivity index (χ3n) is 5.24. The molecule has 2 heterocycles. The van der Waals surface area contributed by atoms with Crippen molar-refractivity contribution in [1.82, 2.24) is 9.88 Å². The monoisotopic (exact) mass is 485 g/mol. The Bertz CT molecular complexity index is 1000. The Hall–Kier alpha value is -2.90. The number of carbonyl (C=O) groups is 2. The van der Waals surface area contributed by atoms with E-state index < -0.39 is 17.7 Å². The van der Waals surface area contributed by atoms with Gasteiger partial charge < -0.3 is 9.47 Å². The van der Waals surface area contributed by atoms with E-state index in [4.69, 9.17) is 21.1 Å². The van der Waals surface area contributed by atoms with E-state index in [2.05, 4.69) is 9.88 Å². The standard InChI is InChI=1S/C26H32ClN3O4/c1-5-33-24(31)13-9-19-8-12-23(28-16-19)30(25(32)34-26(2,3)4)22-14-15-29(18-22)17-20-6-10-21(27)11-7-20/h6-13,16,22H,5,14-15,17-18H2,1-4H3/t22-/m1/s1. The highest BCUT2D eigenvalue weighted by atomic mass is 35.5. The van der Waals surface area contributed by atoms with Crippen LogP contribution in [0.15, 0.2) is 48.7 Å². The van der Waals surface area contributed by atoms with Gasteiger partial charge in [-0.25, -0.2) is 14.6 Å². The fraction of sp³-hybridized carbons (Fsp3) is 0.423. The molecular weight excluding hydrogens is 454 g/mol. The first kappa shape index (κ1) is 25.7. The van der Waals surface area contributed by atoms with Crippen LogP contribution in [-0.4, -0.2) is 53.3 Å². The zero-order valence-corrected chi connectivity index (χ0v) is 20.9. The molecule has 2 aromatic rings. The number of anilines is 1. The average Bonchev–Trinajstić information content (AvgIpc) is 3.22. The van der Waals surface area contributed by atoms with Crippen molar-refractivity contribution in [3.8, 4) is 0 Å². The maximum Gasteiger partial charge on any atom is 0.416 e. The number of amides is 1. The van der Waals surface area contributed by atoms with Crippen molar-refractivity contribution in [2.45, 2.75) is 52.3 Å². The van der Waals surface area contributed by atoms with Crippen LogP contribution in [0.25, 0.3) is 6.08 Å². The number of nitrogens with zero attached hydrogens (tertiary/aromatic N) is 3. The predicted octanol–water partition coefficient (Wildman–Crippen LogP) is 5.33. The number of benzene rings is 1. The van der Waals surface area contributed by atoms with Crippen molar-refractivity contribution < 1.29 is 19.1 Å². The van der Waals surface area contributed by atoms with Crippen LogP contribution in [0.1, 0.15) is 45.2 Å². The molecule has 1 fully saturated rings. The van der Waals surface area contributed by atoms with Crippen molar-refractivity contribution in [3.63, 3.8) is 0 Å². The van der Waals surface area contributed by atoms with Crippen LogP contribution in [0, 0.1) is 0 Å². The number of hydrogen-bond acceptors (Lipinski definition) is 6. The van der Waals surface area contributed by atoms with E-state index in [1.807, 2.05) is 51.1 Å². The van der Waals surface area contributed by atoms with Crippen molar-refractivity contribution in [3.05, 3.63) is 64.8 Å². The summed E-state index contributed by atoms with van der Waals surface area (Å²) in [5.41, 5.74) is 1.28. The first-order chi connectivity index (χ1) is 16.1. The van der Waals surface area contributed by atoms with Gasteiger partial charge in [-0.1, -0.05) is 23.7 Å². The second kappa shape index (κ2) is 11.5. The van der Waals surface area contributed by atoms with E-state index in [0.717, 1.165) is 25.1 Å². The zero-order chi connectivity index (χ0) is 24.7. The molecule has 1 atom stereocenters. The number of rotatable bonds is 7. The lowest BCUT2D eigenvalue weighted by molar-refractivity contribution is -0.137.